The van der Waals surface area contributed by atoms with Crippen LogP contribution in [-0.4, -0.2) is 22.8 Å². The molecule has 4 nitrogen and oxygen atoms in total. The molecule has 0 fully saturated rings. The van der Waals surface area contributed by atoms with E-state index in [0.717, 1.165) is 0 Å². The van der Waals surface area contributed by atoms with Gasteiger partial charge >= 0.3 is 5.97 Å². The predicted octanol–water partition coefficient (Wildman–Crippen LogP) is 0.982. The number of aliphatic hydroxyl groups is 1. The average Bonchev–Trinajstić information content (AvgIpc) is 2.17. The predicted molar refractivity (Wildman–Crippen MR) is 60.1 cm³/mol. The Morgan fingerprint density at radius 2 is 2.21 bits per heavy atom. The molecule has 0 aliphatic rings. The first-order valence-electron chi connectivity index (χ1n) is 3.95. The Morgan fingerprint density at radius 1 is 1.57 bits per heavy atom. The maximum Gasteiger partial charge on any atom is 0.336 e. The Bertz CT molecular complexity index is 354. The summed E-state index contributed by atoms with van der Waals surface area (Å²) in [5.74, 6) is -0.985. The number of aromatic carboxylic acids is 1. The van der Waals surface area contributed by atoms with Crippen LogP contribution in [0.3, 0.4) is 0 Å². The SMILES string of the molecule is N[C@H](CO)c1ccc(I)c(C(=O)O)c1. The van der Waals surface area contributed by atoms with E-state index < -0.39 is 12.0 Å². The number of nitrogens with two attached hydrogens (primary N) is 1. The summed E-state index contributed by atoms with van der Waals surface area (Å²) in [5.41, 5.74) is 6.41. The van der Waals surface area contributed by atoms with Gasteiger partial charge in [-0.25, -0.2) is 4.79 Å². The van der Waals surface area contributed by atoms with Crippen molar-refractivity contribution in [2.45, 2.75) is 6.04 Å². The third-order valence-corrected chi connectivity index (χ3v) is 2.79. The minimum atomic E-state index is -0.985. The Kier molecular flexibility index (Phi) is 3.85. The molecule has 0 saturated carbocycles. The number of halogens is 1. The smallest absolute Gasteiger partial charge is 0.336 e. The zero-order valence-electron chi connectivity index (χ0n) is 7.27. The fourth-order valence-corrected chi connectivity index (χ4v) is 1.61. The number of carboxylic acid groups (broad SMARTS) is 1. The lowest BCUT2D eigenvalue weighted by Crippen LogP contribution is -2.15. The largest absolute Gasteiger partial charge is 0.478 e. The van der Waals surface area contributed by atoms with Crippen molar-refractivity contribution in [2.24, 2.45) is 5.73 Å². The fourth-order valence-electron chi connectivity index (χ4n) is 1.04. The molecule has 0 amide bonds. The lowest BCUT2D eigenvalue weighted by molar-refractivity contribution is 0.0695. The van der Waals surface area contributed by atoms with Gasteiger partial charge in [0.05, 0.1) is 18.2 Å². The van der Waals surface area contributed by atoms with Crippen LogP contribution >= 0.6 is 22.6 Å². The summed E-state index contributed by atoms with van der Waals surface area (Å²) < 4.78 is 0.656. The van der Waals surface area contributed by atoms with E-state index in [1.807, 2.05) is 22.6 Å². The van der Waals surface area contributed by atoms with Crippen LogP contribution in [0.4, 0.5) is 0 Å². The molecular weight excluding hydrogens is 297 g/mol. The van der Waals surface area contributed by atoms with E-state index >= 15 is 0 Å². The van der Waals surface area contributed by atoms with E-state index in [1.165, 1.54) is 6.07 Å². The third kappa shape index (κ3) is 2.43. The maximum absolute atomic E-state index is 10.8. The second-order valence-corrected chi connectivity index (χ2v) is 4.00. The summed E-state index contributed by atoms with van der Waals surface area (Å²) in [6.45, 7) is -0.195. The molecule has 0 heterocycles. The lowest BCUT2D eigenvalue weighted by atomic mass is 10.1. The van der Waals surface area contributed by atoms with Crippen LogP contribution < -0.4 is 5.73 Å². The van der Waals surface area contributed by atoms with Gasteiger partial charge in [0.2, 0.25) is 0 Å². The molecule has 4 N–H and O–H groups in total. The molecule has 1 aromatic carbocycles. The van der Waals surface area contributed by atoms with Gasteiger partial charge in [-0.3, -0.25) is 0 Å². The van der Waals surface area contributed by atoms with Gasteiger partial charge in [-0.2, -0.15) is 0 Å². The van der Waals surface area contributed by atoms with Crippen molar-refractivity contribution in [1.82, 2.24) is 0 Å². The van der Waals surface area contributed by atoms with Crippen molar-refractivity contribution in [3.63, 3.8) is 0 Å². The van der Waals surface area contributed by atoms with Crippen molar-refractivity contribution in [3.05, 3.63) is 32.9 Å². The number of benzene rings is 1. The number of carbonyl (C=O) groups is 1. The summed E-state index contributed by atoms with van der Waals surface area (Å²) in [6.07, 6.45) is 0. The van der Waals surface area contributed by atoms with Gasteiger partial charge in [0.25, 0.3) is 0 Å². The molecule has 76 valence electrons. The fraction of sp³-hybridized carbons (Fsp3) is 0.222. The van der Waals surface area contributed by atoms with E-state index in [4.69, 9.17) is 15.9 Å². The van der Waals surface area contributed by atoms with Gasteiger partial charge in [-0.1, -0.05) is 6.07 Å². The first-order valence-corrected chi connectivity index (χ1v) is 5.03. The molecule has 0 unspecified atom stereocenters. The van der Waals surface area contributed by atoms with Crippen LogP contribution in [0.2, 0.25) is 0 Å². The summed E-state index contributed by atoms with van der Waals surface area (Å²) in [5, 5.41) is 17.6. The molecule has 1 aromatic rings. The van der Waals surface area contributed by atoms with Gasteiger partial charge in [-0.05, 0) is 40.3 Å². The van der Waals surface area contributed by atoms with E-state index in [1.54, 1.807) is 12.1 Å². The van der Waals surface area contributed by atoms with Crippen LogP contribution in [0.5, 0.6) is 0 Å². The van der Waals surface area contributed by atoms with Gasteiger partial charge in [0, 0.05) is 3.57 Å². The van der Waals surface area contributed by atoms with Gasteiger partial charge in [0.1, 0.15) is 0 Å². The Morgan fingerprint density at radius 3 is 2.71 bits per heavy atom. The quantitative estimate of drug-likeness (QED) is 0.727. The van der Waals surface area contributed by atoms with Crippen molar-refractivity contribution in [3.8, 4) is 0 Å². The van der Waals surface area contributed by atoms with Crippen LogP contribution in [0.15, 0.2) is 18.2 Å². The minimum absolute atomic E-state index is 0.195. The molecule has 1 rings (SSSR count). The van der Waals surface area contributed by atoms with Crippen LogP contribution in [0.1, 0.15) is 22.0 Å². The van der Waals surface area contributed by atoms with Crippen molar-refractivity contribution >= 4 is 28.6 Å². The second kappa shape index (κ2) is 4.72. The van der Waals surface area contributed by atoms with Crippen molar-refractivity contribution in [1.29, 1.82) is 0 Å². The molecule has 0 saturated heterocycles. The van der Waals surface area contributed by atoms with E-state index in [-0.39, 0.29) is 12.2 Å². The maximum atomic E-state index is 10.8. The first kappa shape index (κ1) is 11.4. The van der Waals surface area contributed by atoms with Crippen LogP contribution in [0, 0.1) is 3.57 Å². The number of hydrogen-bond acceptors (Lipinski definition) is 3. The highest BCUT2D eigenvalue weighted by Gasteiger charge is 2.11. The van der Waals surface area contributed by atoms with Crippen LogP contribution in [-0.2, 0) is 0 Å². The summed E-state index contributed by atoms with van der Waals surface area (Å²) in [6, 6.07) is 4.36. The standard InChI is InChI=1S/C9H10INO3/c10-7-2-1-5(8(11)4-12)3-6(7)9(13)14/h1-3,8,12H,4,11H2,(H,13,14)/t8-/m1/s1. The van der Waals surface area contributed by atoms with E-state index in [2.05, 4.69) is 0 Å². The normalized spacial score (nSPS) is 12.5. The monoisotopic (exact) mass is 307 g/mol. The highest BCUT2D eigenvalue weighted by molar-refractivity contribution is 14.1. The highest BCUT2D eigenvalue weighted by Crippen LogP contribution is 2.18. The molecule has 0 radical (unpaired) electrons. The molecule has 1 atom stereocenters. The number of hydrogen-bond donors (Lipinski definition) is 3. The van der Waals surface area contributed by atoms with Crippen molar-refractivity contribution in [2.75, 3.05) is 6.61 Å². The van der Waals surface area contributed by atoms with E-state index in [0.29, 0.717) is 9.13 Å². The Labute approximate surface area is 94.9 Å². The molecule has 0 aromatic heterocycles. The van der Waals surface area contributed by atoms with Gasteiger partial charge in [-0.15, -0.1) is 0 Å². The molecule has 14 heavy (non-hydrogen) atoms. The highest BCUT2D eigenvalue weighted by atomic mass is 127. The minimum Gasteiger partial charge on any atom is -0.478 e. The zero-order valence-corrected chi connectivity index (χ0v) is 9.43. The van der Waals surface area contributed by atoms with Crippen LogP contribution in [0.25, 0.3) is 0 Å². The Hall–Kier alpha value is -0.660. The molecular formula is C9H10INO3. The first-order chi connectivity index (χ1) is 6.56. The Balaban J connectivity index is 3.12. The topological polar surface area (TPSA) is 83.5 Å². The van der Waals surface area contributed by atoms with Gasteiger partial charge in [0.15, 0.2) is 0 Å². The molecule has 5 heteroatoms. The molecule has 0 aliphatic carbocycles. The third-order valence-electron chi connectivity index (χ3n) is 1.85. The number of rotatable bonds is 3. The summed E-state index contributed by atoms with van der Waals surface area (Å²) in [4.78, 5) is 10.8. The number of carboxylic acids is 1. The summed E-state index contributed by atoms with van der Waals surface area (Å²) in [7, 11) is 0. The van der Waals surface area contributed by atoms with E-state index in [9.17, 15) is 4.79 Å². The average molecular weight is 307 g/mol. The van der Waals surface area contributed by atoms with Crippen molar-refractivity contribution < 1.29 is 15.0 Å². The zero-order chi connectivity index (χ0) is 10.7. The lowest BCUT2D eigenvalue weighted by Gasteiger charge is -2.09. The number of aliphatic hydroxyl groups excluding tert-OH is 1. The van der Waals surface area contributed by atoms with Gasteiger partial charge < -0.3 is 15.9 Å². The summed E-state index contributed by atoms with van der Waals surface area (Å²) >= 11 is 1.94. The molecule has 0 spiro atoms. The second-order valence-electron chi connectivity index (χ2n) is 2.83. The molecule has 0 bridgehead atoms. The molecule has 0 aliphatic heterocycles.